The van der Waals surface area contributed by atoms with Crippen LogP contribution in [0.1, 0.15) is 94.9 Å². The molecule has 17 heteroatoms. The van der Waals surface area contributed by atoms with Crippen molar-refractivity contribution in [2.75, 3.05) is 27.7 Å². The van der Waals surface area contributed by atoms with Gasteiger partial charge in [-0.1, -0.05) is 20.8 Å². The summed E-state index contributed by atoms with van der Waals surface area (Å²) in [6, 6.07) is -1.13. The summed E-state index contributed by atoms with van der Waals surface area (Å²) in [6.07, 6.45) is -9.63. The van der Waals surface area contributed by atoms with Gasteiger partial charge in [0.2, 0.25) is 0 Å². The lowest BCUT2D eigenvalue weighted by Crippen LogP contribution is -2.61. The fourth-order valence-electron chi connectivity index (χ4n) is 8.74. The first kappa shape index (κ1) is 46.6. The smallest absolute Gasteiger partial charge is 0.311 e. The number of hydrogen-bond donors (Lipinski definition) is 5. The minimum absolute atomic E-state index is 0.0769. The van der Waals surface area contributed by atoms with Crippen LogP contribution in [0.3, 0.4) is 0 Å². The van der Waals surface area contributed by atoms with Gasteiger partial charge < -0.3 is 63.9 Å². The third kappa shape index (κ3) is 10.6. The standard InChI is InChI=1S/C37H69N3O14/c1-14-26-37(10,45)30(41)23(6)39(12)18-19(2)16-35(8,44)32(53-34-29(54-40(46)47)25(38-11)15-20(3)49-34)21(4)28(22(5)33(43)51-26)52-27-17-36(9,48-13)31(42)24(7)50-27/h19-32,34,38,41-42,44-45H,14-18H2,1-13H3/t19-,20-,21+,22-,23-,24+,25+,26-,27+,28+,29-,30-,31+,32-,34+,35-,36-,37-/m1/s1. The molecule has 0 aliphatic carbocycles. The van der Waals surface area contributed by atoms with Crippen LogP contribution in [0.15, 0.2) is 0 Å². The van der Waals surface area contributed by atoms with Crippen molar-refractivity contribution in [3.63, 3.8) is 0 Å². The first-order valence-electron chi connectivity index (χ1n) is 19.3. The molecule has 0 amide bonds. The van der Waals surface area contributed by atoms with E-state index in [1.165, 1.54) is 14.0 Å². The largest absolute Gasteiger partial charge is 0.459 e. The Labute approximate surface area is 320 Å². The van der Waals surface area contributed by atoms with Crippen molar-refractivity contribution in [3.8, 4) is 0 Å². The van der Waals surface area contributed by atoms with Crippen LogP contribution in [0.25, 0.3) is 0 Å². The average Bonchev–Trinajstić information content (AvgIpc) is 3.08. The maximum atomic E-state index is 14.2. The summed E-state index contributed by atoms with van der Waals surface area (Å²) < 4.78 is 37.3. The van der Waals surface area contributed by atoms with Gasteiger partial charge in [0, 0.05) is 38.1 Å². The van der Waals surface area contributed by atoms with E-state index in [0.717, 1.165) is 0 Å². The van der Waals surface area contributed by atoms with Gasteiger partial charge in [-0.2, -0.15) is 0 Å². The van der Waals surface area contributed by atoms with E-state index < -0.39 is 113 Å². The van der Waals surface area contributed by atoms with E-state index in [2.05, 4.69) is 5.32 Å². The Kier molecular flexibility index (Phi) is 16.1. The molecule has 0 bridgehead atoms. The Morgan fingerprint density at radius 2 is 1.63 bits per heavy atom. The van der Waals surface area contributed by atoms with Crippen molar-refractivity contribution in [2.45, 2.75) is 185 Å². The van der Waals surface area contributed by atoms with E-state index in [4.69, 9.17) is 33.3 Å². The number of likely N-dealkylation sites (N-methyl/N-ethyl adjacent to an activating group) is 2. The van der Waals surface area contributed by atoms with Crippen LogP contribution in [0.5, 0.6) is 0 Å². The van der Waals surface area contributed by atoms with E-state index >= 15 is 0 Å². The number of aliphatic hydroxyl groups excluding tert-OH is 2. The second-order valence-corrected chi connectivity index (χ2v) is 16.8. The number of nitrogens with one attached hydrogen (secondary N) is 1. The highest BCUT2D eigenvalue weighted by Crippen LogP contribution is 2.40. The molecule has 0 spiro atoms. The second kappa shape index (κ2) is 18.7. The van der Waals surface area contributed by atoms with E-state index in [0.29, 0.717) is 13.0 Å². The molecule has 18 atom stereocenters. The molecule has 3 heterocycles. The zero-order valence-corrected chi connectivity index (χ0v) is 34.5. The Morgan fingerprint density at radius 3 is 2.19 bits per heavy atom. The van der Waals surface area contributed by atoms with Crippen LogP contribution in [-0.2, 0) is 38.1 Å². The molecule has 0 saturated carbocycles. The van der Waals surface area contributed by atoms with Gasteiger partial charge in [-0.25, -0.2) is 0 Å². The molecule has 316 valence electrons. The highest BCUT2D eigenvalue weighted by atomic mass is 17.0. The van der Waals surface area contributed by atoms with Crippen LogP contribution in [0, 0.1) is 27.9 Å². The summed E-state index contributed by atoms with van der Waals surface area (Å²) >= 11 is 0. The topological polar surface area (TPSA) is 221 Å². The average molecular weight is 780 g/mol. The zero-order chi connectivity index (χ0) is 41.1. The molecule has 3 aliphatic rings. The highest BCUT2D eigenvalue weighted by Gasteiger charge is 2.53. The normalized spacial score (nSPS) is 47.9. The number of esters is 1. The number of hydrogen-bond acceptors (Lipinski definition) is 16. The van der Waals surface area contributed by atoms with Crippen LogP contribution >= 0.6 is 0 Å². The van der Waals surface area contributed by atoms with Gasteiger partial charge >= 0.3 is 5.97 Å². The Bertz CT molecular complexity index is 1230. The number of cyclic esters (lactones) is 1. The summed E-state index contributed by atoms with van der Waals surface area (Å²) in [5.74, 6) is -2.93. The van der Waals surface area contributed by atoms with Crippen LogP contribution in [-0.4, -0.2) is 154 Å². The minimum atomic E-state index is -1.84. The number of nitrogens with zero attached hydrogens (tertiary/aromatic N) is 2. The first-order chi connectivity index (χ1) is 24.9. The quantitative estimate of drug-likeness (QED) is 0.128. The van der Waals surface area contributed by atoms with Gasteiger partial charge in [0.1, 0.15) is 23.9 Å². The van der Waals surface area contributed by atoms with Gasteiger partial charge in [-0.05, 0) is 87.7 Å². The molecule has 0 aromatic heterocycles. The molecule has 17 nitrogen and oxygen atoms in total. The third-order valence-electron chi connectivity index (χ3n) is 12.1. The van der Waals surface area contributed by atoms with Crippen molar-refractivity contribution in [1.29, 1.82) is 0 Å². The molecule has 3 aliphatic heterocycles. The monoisotopic (exact) mass is 779 g/mol. The van der Waals surface area contributed by atoms with Gasteiger partial charge in [-0.15, -0.1) is 10.1 Å². The Morgan fingerprint density at radius 1 is 1.00 bits per heavy atom. The van der Waals surface area contributed by atoms with Gasteiger partial charge in [0.25, 0.3) is 5.09 Å². The van der Waals surface area contributed by atoms with Crippen molar-refractivity contribution >= 4 is 5.97 Å². The SMILES string of the molecule is CC[C@H]1OC(=O)[C@H](C)[C@@H](O[C@H]2C[C@@](C)(OC)[C@@H](O)[C@H](C)O2)[C@H](C)[C@@H](O[C@@H]2O[C@H](C)C[C@H](NC)[C@H]2O[N+](=O)[O-])[C@](C)(O)C[C@@H](C)CN(C)[C@H](C)[C@@H](O)[C@]1(C)O. The lowest BCUT2D eigenvalue weighted by molar-refractivity contribution is -0.775. The fraction of sp³-hybridized carbons (Fsp3) is 0.973. The Hall–Kier alpha value is -1.77. The molecular formula is C37H69N3O14. The summed E-state index contributed by atoms with van der Waals surface area (Å²) in [6.45, 7) is 17.4. The molecule has 3 rings (SSSR count). The minimum Gasteiger partial charge on any atom is -0.459 e. The number of rotatable bonds is 9. The number of aliphatic hydroxyl groups is 4. The van der Waals surface area contributed by atoms with Gasteiger partial charge in [-0.3, -0.25) is 4.79 Å². The lowest BCUT2D eigenvalue weighted by atomic mass is 9.77. The summed E-state index contributed by atoms with van der Waals surface area (Å²) in [5, 5.41) is 60.5. The summed E-state index contributed by atoms with van der Waals surface area (Å²) in [5.41, 5.74) is -4.59. The number of methoxy groups -OCH3 is 1. The number of carbonyl (C=O) groups excluding carboxylic acids is 1. The maximum Gasteiger partial charge on any atom is 0.311 e. The molecular weight excluding hydrogens is 710 g/mol. The lowest BCUT2D eigenvalue weighted by Gasteiger charge is -2.48. The summed E-state index contributed by atoms with van der Waals surface area (Å²) in [4.78, 5) is 33.0. The first-order valence-corrected chi connectivity index (χ1v) is 19.3. The number of carbonyl (C=O) groups is 1. The predicted octanol–water partition coefficient (Wildman–Crippen LogP) is 1.77. The zero-order valence-electron chi connectivity index (χ0n) is 34.5. The molecule has 0 aromatic rings. The molecule has 0 radical (unpaired) electrons. The molecule has 5 N–H and O–H groups in total. The van der Waals surface area contributed by atoms with Crippen molar-refractivity contribution < 1.29 is 63.6 Å². The van der Waals surface area contributed by atoms with E-state index in [9.17, 15) is 35.3 Å². The molecule has 0 unspecified atom stereocenters. The molecule has 3 saturated heterocycles. The van der Waals surface area contributed by atoms with Crippen molar-refractivity contribution in [2.24, 2.45) is 17.8 Å². The van der Waals surface area contributed by atoms with Gasteiger partial charge in [0.05, 0.1) is 41.5 Å². The molecule has 0 aromatic carbocycles. The predicted molar refractivity (Wildman–Crippen MR) is 195 cm³/mol. The summed E-state index contributed by atoms with van der Waals surface area (Å²) in [7, 11) is 4.93. The van der Waals surface area contributed by atoms with Crippen molar-refractivity contribution in [3.05, 3.63) is 10.1 Å². The molecule has 3 fully saturated rings. The van der Waals surface area contributed by atoms with Gasteiger partial charge in [0.15, 0.2) is 18.7 Å². The van der Waals surface area contributed by atoms with Crippen LogP contribution in [0.2, 0.25) is 0 Å². The Balaban J connectivity index is 2.21. The highest BCUT2D eigenvalue weighted by molar-refractivity contribution is 5.73. The fourth-order valence-corrected chi connectivity index (χ4v) is 8.74. The third-order valence-corrected chi connectivity index (χ3v) is 12.1. The molecule has 54 heavy (non-hydrogen) atoms. The maximum absolute atomic E-state index is 14.2. The van der Waals surface area contributed by atoms with E-state index in [-0.39, 0.29) is 25.2 Å². The second-order valence-electron chi connectivity index (χ2n) is 16.8. The number of ether oxygens (including phenoxy) is 6. The van der Waals surface area contributed by atoms with Crippen LogP contribution in [0.4, 0.5) is 0 Å². The van der Waals surface area contributed by atoms with E-state index in [1.54, 1.807) is 69.5 Å². The van der Waals surface area contributed by atoms with Crippen LogP contribution < -0.4 is 5.32 Å². The van der Waals surface area contributed by atoms with Crippen molar-refractivity contribution in [1.82, 2.24) is 10.2 Å². The van der Waals surface area contributed by atoms with E-state index in [1.807, 2.05) is 11.8 Å².